The van der Waals surface area contributed by atoms with Crippen LogP contribution < -0.4 is 0 Å². The third-order valence-corrected chi connectivity index (χ3v) is 8.78. The number of hydrogen-bond acceptors (Lipinski definition) is 1. The lowest BCUT2D eigenvalue weighted by molar-refractivity contribution is 0.171. The number of rotatable bonds is 7. The van der Waals surface area contributed by atoms with Crippen molar-refractivity contribution in [2.24, 2.45) is 0 Å². The van der Waals surface area contributed by atoms with Crippen LogP contribution >= 0.6 is 0 Å². The van der Waals surface area contributed by atoms with Gasteiger partial charge in [0, 0.05) is 0 Å². The van der Waals surface area contributed by atoms with Crippen molar-refractivity contribution in [1.29, 1.82) is 0 Å². The second-order valence-corrected chi connectivity index (χ2v) is 11.8. The van der Waals surface area contributed by atoms with E-state index in [0.717, 1.165) is 19.3 Å². The van der Waals surface area contributed by atoms with Crippen LogP contribution in [0.1, 0.15) is 51.7 Å². The van der Waals surface area contributed by atoms with Crippen LogP contribution in [0.2, 0.25) is 18.1 Å². The van der Waals surface area contributed by atoms with Gasteiger partial charge in [-0.1, -0.05) is 57.2 Å². The van der Waals surface area contributed by atoms with E-state index in [0.29, 0.717) is 0 Å². The van der Waals surface area contributed by atoms with E-state index in [2.05, 4.69) is 70.8 Å². The predicted molar refractivity (Wildman–Crippen MR) is 91.5 cm³/mol. The Morgan fingerprint density at radius 1 is 1.20 bits per heavy atom. The highest BCUT2D eigenvalue weighted by atomic mass is 28.4. The molecule has 0 aliphatic rings. The third-order valence-electron chi connectivity index (χ3n) is 4.29. The van der Waals surface area contributed by atoms with Gasteiger partial charge in [0.25, 0.3) is 0 Å². The standard InChI is InChI=1S/C18H30OSi/c1-7-8-10-15-17(16-13-11-9-12-14-16)19-20(5,6)18(2,3)4/h7,9,11-14,17H,1,8,10,15H2,2-6H3. The molecule has 1 rings (SSSR count). The van der Waals surface area contributed by atoms with E-state index in [1.54, 1.807) is 0 Å². The lowest BCUT2D eigenvalue weighted by atomic mass is 10.0. The van der Waals surface area contributed by atoms with Crippen LogP contribution in [0.4, 0.5) is 0 Å². The van der Waals surface area contributed by atoms with Gasteiger partial charge in [-0.2, -0.15) is 0 Å². The molecule has 1 nitrogen and oxygen atoms in total. The third kappa shape index (κ3) is 4.91. The van der Waals surface area contributed by atoms with Gasteiger partial charge in [-0.15, -0.1) is 6.58 Å². The van der Waals surface area contributed by atoms with Crippen LogP contribution in [0.3, 0.4) is 0 Å². The Bertz CT molecular complexity index is 403. The number of allylic oxidation sites excluding steroid dienone is 1. The SMILES string of the molecule is C=CCCCC(O[Si](C)(C)C(C)(C)C)c1ccccc1. The molecule has 0 heterocycles. The molecule has 0 aromatic heterocycles. The van der Waals surface area contributed by atoms with Crippen molar-refractivity contribution in [3.8, 4) is 0 Å². The summed E-state index contributed by atoms with van der Waals surface area (Å²) in [6, 6.07) is 10.6. The van der Waals surface area contributed by atoms with E-state index in [1.165, 1.54) is 5.56 Å². The molecular weight excluding hydrogens is 260 g/mol. The molecule has 1 unspecified atom stereocenters. The average molecular weight is 291 g/mol. The fourth-order valence-corrected chi connectivity index (χ4v) is 3.26. The molecule has 0 aliphatic carbocycles. The second kappa shape index (κ2) is 7.23. The summed E-state index contributed by atoms with van der Waals surface area (Å²) in [5.74, 6) is 0. The van der Waals surface area contributed by atoms with Gasteiger partial charge in [-0.3, -0.25) is 0 Å². The molecule has 112 valence electrons. The van der Waals surface area contributed by atoms with Crippen molar-refractivity contribution in [2.45, 2.75) is 64.3 Å². The molecule has 1 atom stereocenters. The number of benzene rings is 1. The molecule has 0 bridgehead atoms. The Hall–Kier alpha value is -0.863. The van der Waals surface area contributed by atoms with E-state index < -0.39 is 8.32 Å². The molecule has 0 N–H and O–H groups in total. The van der Waals surface area contributed by atoms with E-state index in [9.17, 15) is 0 Å². The monoisotopic (exact) mass is 290 g/mol. The van der Waals surface area contributed by atoms with E-state index >= 15 is 0 Å². The van der Waals surface area contributed by atoms with Gasteiger partial charge >= 0.3 is 0 Å². The number of unbranched alkanes of at least 4 members (excludes halogenated alkanes) is 1. The van der Waals surface area contributed by atoms with E-state index in [-0.39, 0.29) is 11.1 Å². The molecule has 0 aliphatic heterocycles. The van der Waals surface area contributed by atoms with Crippen LogP contribution in [0.15, 0.2) is 43.0 Å². The molecule has 1 aromatic rings. The van der Waals surface area contributed by atoms with Crippen molar-refractivity contribution in [3.05, 3.63) is 48.6 Å². The Morgan fingerprint density at radius 2 is 1.80 bits per heavy atom. The summed E-state index contributed by atoms with van der Waals surface area (Å²) in [4.78, 5) is 0. The average Bonchev–Trinajstić information content (AvgIpc) is 2.37. The Kier molecular flexibility index (Phi) is 6.22. The number of hydrogen-bond donors (Lipinski definition) is 0. The first kappa shape index (κ1) is 17.2. The van der Waals surface area contributed by atoms with E-state index in [1.807, 2.05) is 6.08 Å². The topological polar surface area (TPSA) is 9.23 Å². The molecule has 0 saturated carbocycles. The summed E-state index contributed by atoms with van der Waals surface area (Å²) in [5, 5.41) is 0.248. The zero-order valence-corrected chi connectivity index (χ0v) is 14.8. The smallest absolute Gasteiger partial charge is 0.192 e. The second-order valence-electron chi connectivity index (χ2n) is 7.00. The maximum Gasteiger partial charge on any atom is 0.192 e. The van der Waals surface area contributed by atoms with Crippen molar-refractivity contribution < 1.29 is 4.43 Å². The fraction of sp³-hybridized carbons (Fsp3) is 0.556. The minimum atomic E-state index is -1.74. The predicted octanol–water partition coefficient (Wildman–Crippen LogP) is 6.11. The normalized spacial score (nSPS) is 14.1. The lowest BCUT2D eigenvalue weighted by Crippen LogP contribution is -2.41. The molecule has 0 radical (unpaired) electrons. The van der Waals surface area contributed by atoms with Gasteiger partial charge in [0.05, 0.1) is 6.10 Å². The van der Waals surface area contributed by atoms with Crippen LogP contribution in [0, 0.1) is 0 Å². The van der Waals surface area contributed by atoms with Crippen molar-refractivity contribution in [3.63, 3.8) is 0 Å². The summed E-state index contributed by atoms with van der Waals surface area (Å²) < 4.78 is 6.64. The molecular formula is C18H30OSi. The quantitative estimate of drug-likeness (QED) is 0.334. The first-order valence-corrected chi connectivity index (χ1v) is 10.5. The summed E-state index contributed by atoms with van der Waals surface area (Å²) in [5.41, 5.74) is 1.31. The van der Waals surface area contributed by atoms with Gasteiger partial charge < -0.3 is 4.43 Å². The Morgan fingerprint density at radius 3 is 2.30 bits per heavy atom. The molecule has 0 amide bonds. The molecule has 0 saturated heterocycles. The summed E-state index contributed by atoms with van der Waals surface area (Å²) >= 11 is 0. The molecule has 0 fully saturated rings. The highest BCUT2D eigenvalue weighted by Gasteiger charge is 2.39. The molecule has 0 spiro atoms. The first-order valence-electron chi connectivity index (χ1n) is 7.61. The zero-order chi connectivity index (χ0) is 15.2. The van der Waals surface area contributed by atoms with Crippen LogP contribution in [-0.2, 0) is 4.43 Å². The van der Waals surface area contributed by atoms with Gasteiger partial charge in [0.2, 0.25) is 0 Å². The highest BCUT2D eigenvalue weighted by Crippen LogP contribution is 2.40. The zero-order valence-electron chi connectivity index (χ0n) is 13.8. The van der Waals surface area contributed by atoms with Crippen LogP contribution in [-0.4, -0.2) is 8.32 Å². The minimum Gasteiger partial charge on any atom is -0.410 e. The summed E-state index contributed by atoms with van der Waals surface area (Å²) in [6.07, 6.45) is 5.48. The largest absolute Gasteiger partial charge is 0.410 e. The van der Waals surface area contributed by atoms with E-state index in [4.69, 9.17) is 4.43 Å². The minimum absolute atomic E-state index is 0.219. The van der Waals surface area contributed by atoms with Gasteiger partial charge in [-0.05, 0) is 43.0 Å². The summed E-state index contributed by atoms with van der Waals surface area (Å²) in [6.45, 7) is 15.4. The van der Waals surface area contributed by atoms with Crippen molar-refractivity contribution in [2.75, 3.05) is 0 Å². The maximum atomic E-state index is 6.64. The first-order chi connectivity index (χ1) is 9.28. The van der Waals surface area contributed by atoms with Crippen LogP contribution in [0.25, 0.3) is 0 Å². The Balaban J connectivity index is 2.86. The van der Waals surface area contributed by atoms with Crippen molar-refractivity contribution in [1.82, 2.24) is 0 Å². The highest BCUT2D eigenvalue weighted by molar-refractivity contribution is 6.74. The van der Waals surface area contributed by atoms with Gasteiger partial charge in [-0.25, -0.2) is 0 Å². The van der Waals surface area contributed by atoms with Crippen molar-refractivity contribution >= 4 is 8.32 Å². The molecule has 20 heavy (non-hydrogen) atoms. The Labute approximate surface area is 126 Å². The van der Waals surface area contributed by atoms with Gasteiger partial charge in [0.15, 0.2) is 8.32 Å². The van der Waals surface area contributed by atoms with Gasteiger partial charge in [0.1, 0.15) is 0 Å². The molecule has 2 heteroatoms. The van der Waals surface area contributed by atoms with Crippen LogP contribution in [0.5, 0.6) is 0 Å². The lowest BCUT2D eigenvalue weighted by Gasteiger charge is -2.39. The fourth-order valence-electron chi connectivity index (χ4n) is 1.94. The summed E-state index contributed by atoms with van der Waals surface area (Å²) in [7, 11) is -1.74. The molecule has 1 aromatic carbocycles. The maximum absolute atomic E-state index is 6.64.